The third-order valence-corrected chi connectivity index (χ3v) is 5.00. The molecule has 0 atom stereocenters. The highest BCUT2D eigenvalue weighted by Crippen LogP contribution is 2.36. The molecule has 4 nitrogen and oxygen atoms in total. The van der Waals surface area contributed by atoms with Crippen molar-refractivity contribution in [2.45, 2.75) is 6.92 Å². The Balaban J connectivity index is 1.86. The first-order valence-electron chi connectivity index (χ1n) is 8.67. The van der Waals surface area contributed by atoms with Crippen LogP contribution in [-0.4, -0.2) is 18.5 Å². The van der Waals surface area contributed by atoms with E-state index in [1.165, 1.54) is 17.4 Å². The Morgan fingerprint density at radius 2 is 1.93 bits per heavy atom. The maximum Gasteiger partial charge on any atom is 0.341 e. The highest BCUT2D eigenvalue weighted by molar-refractivity contribution is 7.15. The number of nitrogens with one attached hydrogen (secondary N) is 1. The van der Waals surface area contributed by atoms with Crippen molar-refractivity contribution in [3.8, 4) is 11.1 Å². The van der Waals surface area contributed by atoms with Gasteiger partial charge in [-0.15, -0.1) is 11.3 Å². The van der Waals surface area contributed by atoms with Crippen molar-refractivity contribution in [3.63, 3.8) is 0 Å². The molecule has 1 aromatic heterocycles. The second kappa shape index (κ2) is 9.35. The zero-order chi connectivity index (χ0) is 19.9. The van der Waals surface area contributed by atoms with E-state index in [9.17, 15) is 9.59 Å². The number of halogens is 1. The third kappa shape index (κ3) is 4.88. The van der Waals surface area contributed by atoms with E-state index in [-0.39, 0.29) is 12.5 Å². The maximum atomic E-state index is 12.5. The zero-order valence-corrected chi connectivity index (χ0v) is 16.7. The van der Waals surface area contributed by atoms with E-state index in [1.54, 1.807) is 25.1 Å². The standard InChI is InChI=1S/C22H18ClNO3S/c1-2-27-22(26)20-18(16-8-4-3-5-9-16)14-28-21(20)24-19(25)12-11-15-7-6-10-17(23)13-15/h3-14H,2H2,1H3,(H,24,25)/b12-11+. The van der Waals surface area contributed by atoms with Gasteiger partial charge in [0.05, 0.1) is 6.61 Å². The Labute approximate surface area is 172 Å². The smallest absolute Gasteiger partial charge is 0.341 e. The normalized spacial score (nSPS) is 10.8. The van der Waals surface area contributed by atoms with Crippen molar-refractivity contribution in [2.75, 3.05) is 11.9 Å². The van der Waals surface area contributed by atoms with Crippen LogP contribution in [0.25, 0.3) is 17.2 Å². The molecule has 0 radical (unpaired) electrons. The van der Waals surface area contributed by atoms with Gasteiger partial charge in [0.1, 0.15) is 10.6 Å². The van der Waals surface area contributed by atoms with Gasteiger partial charge in [0.2, 0.25) is 5.91 Å². The number of ether oxygens (including phenoxy) is 1. The number of thiophene rings is 1. The first kappa shape index (κ1) is 19.9. The van der Waals surface area contributed by atoms with Gasteiger partial charge in [0.25, 0.3) is 0 Å². The second-order valence-corrected chi connectivity index (χ2v) is 7.13. The van der Waals surface area contributed by atoms with Crippen LogP contribution in [0.4, 0.5) is 5.00 Å². The third-order valence-electron chi connectivity index (χ3n) is 3.87. The summed E-state index contributed by atoms with van der Waals surface area (Å²) in [5, 5.41) is 5.68. The predicted octanol–water partition coefficient (Wildman–Crippen LogP) is 5.90. The summed E-state index contributed by atoms with van der Waals surface area (Å²) >= 11 is 7.24. The molecular formula is C22H18ClNO3S. The van der Waals surface area contributed by atoms with Crippen LogP contribution in [0.1, 0.15) is 22.8 Å². The fraction of sp³-hybridized carbons (Fsp3) is 0.0909. The van der Waals surface area contributed by atoms with Gasteiger partial charge in [-0.05, 0) is 36.3 Å². The van der Waals surface area contributed by atoms with Crippen LogP contribution in [-0.2, 0) is 9.53 Å². The van der Waals surface area contributed by atoms with E-state index < -0.39 is 5.97 Å². The summed E-state index contributed by atoms with van der Waals surface area (Å²) in [6.45, 7) is 2.00. The number of anilines is 1. The molecule has 6 heteroatoms. The quantitative estimate of drug-likeness (QED) is 0.406. The van der Waals surface area contributed by atoms with E-state index in [0.29, 0.717) is 15.6 Å². The van der Waals surface area contributed by atoms with Crippen LogP contribution in [0.5, 0.6) is 0 Å². The average Bonchev–Trinajstić information content (AvgIpc) is 3.11. The first-order chi connectivity index (χ1) is 13.6. The van der Waals surface area contributed by atoms with Crippen molar-refractivity contribution in [1.82, 2.24) is 0 Å². The summed E-state index contributed by atoms with van der Waals surface area (Å²) in [4.78, 5) is 24.9. The molecule has 0 saturated carbocycles. The largest absolute Gasteiger partial charge is 0.462 e. The molecule has 0 aliphatic carbocycles. The fourth-order valence-corrected chi connectivity index (χ4v) is 3.78. The number of carbonyl (C=O) groups is 2. The molecule has 0 aliphatic rings. The Hall–Kier alpha value is -2.89. The van der Waals surface area contributed by atoms with Crippen LogP contribution in [0.15, 0.2) is 66.1 Å². The number of hydrogen-bond donors (Lipinski definition) is 1. The molecule has 142 valence electrons. The molecule has 28 heavy (non-hydrogen) atoms. The molecule has 0 bridgehead atoms. The minimum atomic E-state index is -0.461. The number of benzene rings is 2. The summed E-state index contributed by atoms with van der Waals surface area (Å²) in [6, 6.07) is 16.7. The van der Waals surface area contributed by atoms with Crippen molar-refractivity contribution in [1.29, 1.82) is 0 Å². The van der Waals surface area contributed by atoms with Gasteiger partial charge < -0.3 is 10.1 Å². The van der Waals surface area contributed by atoms with Gasteiger partial charge in [-0.3, -0.25) is 4.79 Å². The summed E-state index contributed by atoms with van der Waals surface area (Å²) in [7, 11) is 0. The van der Waals surface area contributed by atoms with Crippen LogP contribution in [0.3, 0.4) is 0 Å². The minimum absolute atomic E-state index is 0.255. The molecule has 0 aliphatic heterocycles. The second-order valence-electron chi connectivity index (χ2n) is 5.82. The molecule has 0 saturated heterocycles. The van der Waals surface area contributed by atoms with Crippen LogP contribution < -0.4 is 5.32 Å². The number of rotatable bonds is 6. The number of carbonyl (C=O) groups excluding carboxylic acids is 2. The molecule has 1 heterocycles. The van der Waals surface area contributed by atoms with E-state index in [1.807, 2.05) is 47.8 Å². The number of amides is 1. The molecule has 1 amide bonds. The summed E-state index contributed by atoms with van der Waals surface area (Å²) in [6.07, 6.45) is 3.07. The Bertz CT molecular complexity index is 1010. The maximum absolute atomic E-state index is 12.5. The molecule has 3 rings (SSSR count). The van der Waals surface area contributed by atoms with Gasteiger partial charge in [-0.25, -0.2) is 4.79 Å². The van der Waals surface area contributed by atoms with E-state index in [4.69, 9.17) is 16.3 Å². The van der Waals surface area contributed by atoms with E-state index in [0.717, 1.165) is 16.7 Å². The monoisotopic (exact) mass is 411 g/mol. The first-order valence-corrected chi connectivity index (χ1v) is 9.93. The van der Waals surface area contributed by atoms with Gasteiger partial charge >= 0.3 is 5.97 Å². The van der Waals surface area contributed by atoms with Crippen molar-refractivity contribution >= 4 is 45.9 Å². The molecule has 0 fully saturated rings. The molecule has 0 unspecified atom stereocenters. The molecule has 0 spiro atoms. The lowest BCUT2D eigenvalue weighted by atomic mass is 10.0. The predicted molar refractivity (Wildman–Crippen MR) is 115 cm³/mol. The van der Waals surface area contributed by atoms with E-state index >= 15 is 0 Å². The van der Waals surface area contributed by atoms with Crippen molar-refractivity contribution < 1.29 is 14.3 Å². The minimum Gasteiger partial charge on any atom is -0.462 e. The van der Waals surface area contributed by atoms with Gasteiger partial charge in [-0.2, -0.15) is 0 Å². The number of esters is 1. The lowest BCUT2D eigenvalue weighted by Crippen LogP contribution is -2.12. The van der Waals surface area contributed by atoms with Crippen LogP contribution >= 0.6 is 22.9 Å². The Kier molecular flexibility index (Phi) is 6.63. The molecule has 3 aromatic rings. The number of hydrogen-bond acceptors (Lipinski definition) is 4. The lowest BCUT2D eigenvalue weighted by molar-refractivity contribution is -0.111. The van der Waals surface area contributed by atoms with Gasteiger partial charge in [-0.1, -0.05) is 54.1 Å². The summed E-state index contributed by atoms with van der Waals surface area (Å²) < 4.78 is 5.20. The zero-order valence-electron chi connectivity index (χ0n) is 15.1. The van der Waals surface area contributed by atoms with Crippen molar-refractivity contribution in [3.05, 3.63) is 82.2 Å². The average molecular weight is 412 g/mol. The van der Waals surface area contributed by atoms with Crippen LogP contribution in [0, 0.1) is 0 Å². The topological polar surface area (TPSA) is 55.4 Å². The van der Waals surface area contributed by atoms with Gasteiger partial charge in [0.15, 0.2) is 0 Å². The Morgan fingerprint density at radius 1 is 1.14 bits per heavy atom. The summed E-state index contributed by atoms with van der Waals surface area (Å²) in [5.41, 5.74) is 2.79. The fourth-order valence-electron chi connectivity index (χ4n) is 2.62. The highest BCUT2D eigenvalue weighted by Gasteiger charge is 2.22. The lowest BCUT2D eigenvalue weighted by Gasteiger charge is -2.08. The SMILES string of the molecule is CCOC(=O)c1c(-c2ccccc2)csc1NC(=O)/C=C/c1cccc(Cl)c1. The van der Waals surface area contributed by atoms with E-state index in [2.05, 4.69) is 5.32 Å². The molecule has 2 aromatic carbocycles. The Morgan fingerprint density at radius 3 is 2.64 bits per heavy atom. The van der Waals surface area contributed by atoms with Crippen molar-refractivity contribution in [2.24, 2.45) is 0 Å². The summed E-state index contributed by atoms with van der Waals surface area (Å²) in [5.74, 6) is -0.802. The van der Waals surface area contributed by atoms with Crippen LogP contribution in [0.2, 0.25) is 5.02 Å². The molecule has 1 N–H and O–H groups in total. The molecular weight excluding hydrogens is 394 g/mol. The van der Waals surface area contributed by atoms with Gasteiger partial charge in [0, 0.05) is 22.0 Å². The highest BCUT2D eigenvalue weighted by atomic mass is 35.5.